The van der Waals surface area contributed by atoms with E-state index in [0.29, 0.717) is 23.8 Å². The maximum atomic E-state index is 12.4. The van der Waals surface area contributed by atoms with Crippen molar-refractivity contribution in [2.24, 2.45) is 5.41 Å². The molecular weight excluding hydrogens is 316 g/mol. The number of halogens is 1. The van der Waals surface area contributed by atoms with E-state index in [2.05, 4.69) is 10.6 Å². The fourth-order valence-corrected chi connectivity index (χ4v) is 3.80. The SMILES string of the molecule is CC1(CO)CCCC1NC(=O)NC1CCOc2c(Cl)cccc21. The van der Waals surface area contributed by atoms with Crippen LogP contribution in [0.3, 0.4) is 0 Å². The molecule has 3 N–H and O–H groups in total. The number of benzene rings is 1. The van der Waals surface area contributed by atoms with Crippen molar-refractivity contribution in [1.29, 1.82) is 0 Å². The summed E-state index contributed by atoms with van der Waals surface area (Å²) in [4.78, 5) is 12.4. The van der Waals surface area contributed by atoms with Gasteiger partial charge < -0.3 is 20.5 Å². The topological polar surface area (TPSA) is 70.6 Å². The highest BCUT2D eigenvalue weighted by molar-refractivity contribution is 6.32. The summed E-state index contributed by atoms with van der Waals surface area (Å²) in [7, 11) is 0. The van der Waals surface area contributed by atoms with Crippen molar-refractivity contribution in [2.75, 3.05) is 13.2 Å². The summed E-state index contributed by atoms with van der Waals surface area (Å²) in [6.45, 7) is 2.64. The Kier molecular flexibility index (Phi) is 4.69. The van der Waals surface area contributed by atoms with Gasteiger partial charge in [-0.15, -0.1) is 0 Å². The van der Waals surface area contributed by atoms with E-state index in [1.165, 1.54) is 0 Å². The number of carbonyl (C=O) groups excluding carboxylic acids is 1. The molecule has 1 saturated carbocycles. The molecule has 2 aliphatic rings. The monoisotopic (exact) mass is 338 g/mol. The fourth-order valence-electron chi connectivity index (χ4n) is 3.56. The van der Waals surface area contributed by atoms with E-state index in [9.17, 15) is 9.90 Å². The quantitative estimate of drug-likeness (QED) is 0.793. The summed E-state index contributed by atoms with van der Waals surface area (Å²) in [6.07, 6.45) is 3.57. The molecule has 0 bridgehead atoms. The number of aliphatic hydroxyl groups excluding tert-OH is 1. The number of aliphatic hydroxyl groups is 1. The summed E-state index contributed by atoms with van der Waals surface area (Å²) in [5.41, 5.74) is 0.684. The Balaban J connectivity index is 1.67. The van der Waals surface area contributed by atoms with E-state index in [0.717, 1.165) is 24.8 Å². The van der Waals surface area contributed by atoms with Crippen molar-refractivity contribution < 1.29 is 14.6 Å². The van der Waals surface area contributed by atoms with Gasteiger partial charge in [-0.2, -0.15) is 0 Å². The highest BCUT2D eigenvalue weighted by atomic mass is 35.5. The summed E-state index contributed by atoms with van der Waals surface area (Å²) < 4.78 is 5.61. The van der Waals surface area contributed by atoms with Gasteiger partial charge in [0.25, 0.3) is 0 Å². The predicted octanol–water partition coefficient (Wildman–Crippen LogP) is 3.01. The van der Waals surface area contributed by atoms with Crippen molar-refractivity contribution in [3.8, 4) is 5.75 Å². The van der Waals surface area contributed by atoms with Crippen LogP contribution in [0.15, 0.2) is 18.2 Å². The number of nitrogens with one attached hydrogen (secondary N) is 2. The van der Waals surface area contributed by atoms with Crippen LogP contribution in [0.4, 0.5) is 4.79 Å². The van der Waals surface area contributed by atoms with E-state index in [1.807, 2.05) is 19.1 Å². The van der Waals surface area contributed by atoms with Crippen molar-refractivity contribution in [3.63, 3.8) is 0 Å². The molecule has 0 radical (unpaired) electrons. The third-order valence-electron chi connectivity index (χ3n) is 5.08. The molecule has 23 heavy (non-hydrogen) atoms. The zero-order valence-corrected chi connectivity index (χ0v) is 14.0. The minimum Gasteiger partial charge on any atom is -0.492 e. The molecule has 0 spiro atoms. The molecule has 2 amide bonds. The van der Waals surface area contributed by atoms with E-state index < -0.39 is 0 Å². The molecule has 6 heteroatoms. The lowest BCUT2D eigenvalue weighted by Gasteiger charge is -2.32. The molecule has 1 fully saturated rings. The average molecular weight is 339 g/mol. The molecule has 3 unspecified atom stereocenters. The van der Waals surface area contributed by atoms with Gasteiger partial charge in [0.1, 0.15) is 5.75 Å². The minimum absolute atomic E-state index is 0.00572. The van der Waals surface area contributed by atoms with Gasteiger partial charge in [-0.3, -0.25) is 0 Å². The maximum Gasteiger partial charge on any atom is 0.315 e. The van der Waals surface area contributed by atoms with Crippen LogP contribution in [0, 0.1) is 5.41 Å². The summed E-state index contributed by atoms with van der Waals surface area (Å²) in [5, 5.41) is 16.2. The Morgan fingerprint density at radius 1 is 1.43 bits per heavy atom. The molecule has 5 nitrogen and oxygen atoms in total. The Morgan fingerprint density at radius 2 is 2.26 bits per heavy atom. The van der Waals surface area contributed by atoms with Crippen LogP contribution >= 0.6 is 11.6 Å². The van der Waals surface area contributed by atoms with Gasteiger partial charge in [0.05, 0.1) is 24.3 Å². The lowest BCUT2D eigenvalue weighted by molar-refractivity contribution is 0.120. The number of para-hydroxylation sites is 1. The Labute approximate surface area is 141 Å². The van der Waals surface area contributed by atoms with Gasteiger partial charge >= 0.3 is 6.03 Å². The first-order chi connectivity index (χ1) is 11.0. The molecule has 0 saturated heterocycles. The molecular formula is C17H23ClN2O3. The fraction of sp³-hybridized carbons (Fsp3) is 0.588. The maximum absolute atomic E-state index is 12.4. The number of urea groups is 1. The molecule has 1 aromatic carbocycles. The first-order valence-electron chi connectivity index (χ1n) is 8.12. The van der Waals surface area contributed by atoms with E-state index in [-0.39, 0.29) is 30.1 Å². The van der Waals surface area contributed by atoms with E-state index >= 15 is 0 Å². The largest absolute Gasteiger partial charge is 0.492 e. The Morgan fingerprint density at radius 3 is 3.04 bits per heavy atom. The van der Waals surface area contributed by atoms with Gasteiger partial charge in [0.15, 0.2) is 0 Å². The molecule has 1 heterocycles. The van der Waals surface area contributed by atoms with Crippen molar-refractivity contribution in [3.05, 3.63) is 28.8 Å². The van der Waals surface area contributed by atoms with Gasteiger partial charge in [-0.25, -0.2) is 4.79 Å². The van der Waals surface area contributed by atoms with Gasteiger partial charge in [-0.1, -0.05) is 37.1 Å². The zero-order chi connectivity index (χ0) is 16.4. The Bertz CT molecular complexity index is 595. The van der Waals surface area contributed by atoms with E-state index in [1.54, 1.807) is 6.07 Å². The number of rotatable bonds is 3. The Hall–Kier alpha value is -1.46. The highest BCUT2D eigenvalue weighted by Gasteiger charge is 2.39. The molecule has 1 aromatic rings. The number of carbonyl (C=O) groups is 1. The smallest absolute Gasteiger partial charge is 0.315 e. The van der Waals surface area contributed by atoms with Gasteiger partial charge in [0.2, 0.25) is 0 Å². The first-order valence-corrected chi connectivity index (χ1v) is 8.50. The normalized spacial score (nSPS) is 29.5. The van der Waals surface area contributed by atoms with Crippen LogP contribution in [-0.4, -0.2) is 30.4 Å². The average Bonchev–Trinajstić information content (AvgIpc) is 2.90. The number of hydrogen-bond acceptors (Lipinski definition) is 3. The third-order valence-corrected chi connectivity index (χ3v) is 5.38. The van der Waals surface area contributed by atoms with Crippen LogP contribution in [-0.2, 0) is 0 Å². The zero-order valence-electron chi connectivity index (χ0n) is 13.3. The number of hydrogen-bond donors (Lipinski definition) is 3. The van der Waals surface area contributed by atoms with Crippen LogP contribution in [0.5, 0.6) is 5.75 Å². The van der Waals surface area contributed by atoms with Crippen LogP contribution in [0.1, 0.15) is 44.2 Å². The second-order valence-electron chi connectivity index (χ2n) is 6.72. The standard InChI is InChI=1S/C17H23ClN2O3/c1-17(10-21)8-3-6-14(17)20-16(22)19-13-7-9-23-15-11(13)4-2-5-12(15)18/h2,4-5,13-14,21H,3,6-10H2,1H3,(H2,19,20,22). The summed E-state index contributed by atoms with van der Waals surface area (Å²) >= 11 is 6.16. The second kappa shape index (κ2) is 6.57. The first kappa shape index (κ1) is 16.4. The molecule has 1 aliphatic heterocycles. The lowest BCUT2D eigenvalue weighted by Crippen LogP contribution is -2.49. The molecule has 126 valence electrons. The number of fused-ring (bicyclic) bond motifs is 1. The van der Waals surface area contributed by atoms with Crippen molar-refractivity contribution in [2.45, 2.75) is 44.7 Å². The molecule has 0 aromatic heterocycles. The lowest BCUT2D eigenvalue weighted by atomic mass is 9.86. The second-order valence-corrected chi connectivity index (χ2v) is 7.13. The van der Waals surface area contributed by atoms with Crippen LogP contribution < -0.4 is 15.4 Å². The van der Waals surface area contributed by atoms with Crippen LogP contribution in [0.2, 0.25) is 5.02 Å². The van der Waals surface area contributed by atoms with E-state index in [4.69, 9.17) is 16.3 Å². The summed E-state index contributed by atoms with van der Waals surface area (Å²) in [5.74, 6) is 0.659. The van der Waals surface area contributed by atoms with Crippen molar-refractivity contribution >= 4 is 17.6 Å². The molecule has 1 aliphatic carbocycles. The van der Waals surface area contributed by atoms with Gasteiger partial charge in [-0.05, 0) is 18.9 Å². The van der Waals surface area contributed by atoms with Gasteiger partial charge in [0, 0.05) is 23.4 Å². The van der Waals surface area contributed by atoms with Crippen molar-refractivity contribution in [1.82, 2.24) is 10.6 Å². The number of amides is 2. The molecule has 3 atom stereocenters. The third kappa shape index (κ3) is 3.26. The molecule has 3 rings (SSSR count). The number of ether oxygens (including phenoxy) is 1. The van der Waals surface area contributed by atoms with Crippen LogP contribution in [0.25, 0.3) is 0 Å². The summed E-state index contributed by atoms with van der Waals surface area (Å²) in [6, 6.07) is 5.27. The predicted molar refractivity (Wildman–Crippen MR) is 88.8 cm³/mol. The highest BCUT2D eigenvalue weighted by Crippen LogP contribution is 2.39. The minimum atomic E-state index is -0.228.